The van der Waals surface area contributed by atoms with E-state index in [1.807, 2.05) is 0 Å². The number of carboxylic acid groups (broad SMARTS) is 1. The minimum absolute atomic E-state index is 0.0434. The Morgan fingerprint density at radius 1 is 1.40 bits per heavy atom. The van der Waals surface area contributed by atoms with Crippen molar-refractivity contribution in [3.8, 4) is 11.5 Å². The molecule has 1 heterocycles. The van der Waals surface area contributed by atoms with Crippen molar-refractivity contribution in [2.45, 2.75) is 12.6 Å². The van der Waals surface area contributed by atoms with E-state index in [0.717, 1.165) is 12.3 Å². The molecule has 1 aromatic heterocycles. The molecule has 0 saturated carbocycles. The predicted octanol–water partition coefficient (Wildman–Crippen LogP) is 3.64. The van der Waals surface area contributed by atoms with Crippen molar-refractivity contribution in [2.24, 2.45) is 0 Å². The lowest BCUT2D eigenvalue weighted by Crippen LogP contribution is -2.06. The molecule has 1 aromatic carbocycles. The Balaban J connectivity index is 2.43. The molecule has 2 aromatic rings. The summed E-state index contributed by atoms with van der Waals surface area (Å²) in [7, 11) is 0. The lowest BCUT2D eigenvalue weighted by atomic mass is 10.1. The van der Waals surface area contributed by atoms with Gasteiger partial charge in [-0.05, 0) is 12.1 Å². The van der Waals surface area contributed by atoms with Crippen molar-refractivity contribution in [1.82, 2.24) is 4.98 Å². The van der Waals surface area contributed by atoms with Crippen molar-refractivity contribution in [2.75, 3.05) is 0 Å². The third kappa shape index (κ3) is 2.93. The molecule has 0 bridgehead atoms. The van der Waals surface area contributed by atoms with Crippen LogP contribution in [-0.4, -0.2) is 16.1 Å². The summed E-state index contributed by atoms with van der Waals surface area (Å²) in [5.41, 5.74) is -0.950. The van der Waals surface area contributed by atoms with E-state index in [2.05, 4.69) is 4.98 Å². The van der Waals surface area contributed by atoms with Crippen LogP contribution in [0.4, 0.5) is 13.2 Å². The first-order valence-corrected chi connectivity index (χ1v) is 5.69. The molecule has 20 heavy (non-hydrogen) atoms. The van der Waals surface area contributed by atoms with E-state index in [1.165, 1.54) is 12.1 Å². The van der Waals surface area contributed by atoms with Crippen LogP contribution in [0, 0.1) is 0 Å². The average Bonchev–Trinajstić information content (AvgIpc) is 2.75. The van der Waals surface area contributed by atoms with Gasteiger partial charge in [0.2, 0.25) is 5.89 Å². The summed E-state index contributed by atoms with van der Waals surface area (Å²) in [6, 6.07) is 3.33. The second kappa shape index (κ2) is 5.16. The Labute approximate surface area is 115 Å². The summed E-state index contributed by atoms with van der Waals surface area (Å²) in [6.45, 7) is 0. The van der Waals surface area contributed by atoms with E-state index in [4.69, 9.17) is 21.1 Å². The highest BCUT2D eigenvalue weighted by Crippen LogP contribution is 2.39. The number of hydrogen-bond acceptors (Lipinski definition) is 3. The molecule has 0 aliphatic carbocycles. The van der Waals surface area contributed by atoms with Gasteiger partial charge in [-0.25, -0.2) is 4.98 Å². The second-order valence-electron chi connectivity index (χ2n) is 3.88. The first-order chi connectivity index (χ1) is 9.29. The molecule has 0 saturated heterocycles. The number of halogens is 4. The first-order valence-electron chi connectivity index (χ1n) is 5.31. The highest BCUT2D eigenvalue weighted by atomic mass is 35.5. The summed E-state index contributed by atoms with van der Waals surface area (Å²) >= 11 is 5.71. The minimum Gasteiger partial charge on any atom is -0.481 e. The fraction of sp³-hybridized carbons (Fsp3) is 0.167. The van der Waals surface area contributed by atoms with Gasteiger partial charge in [-0.3, -0.25) is 4.79 Å². The zero-order valence-electron chi connectivity index (χ0n) is 9.74. The van der Waals surface area contributed by atoms with Gasteiger partial charge in [0.15, 0.2) is 0 Å². The van der Waals surface area contributed by atoms with Crippen molar-refractivity contribution in [3.63, 3.8) is 0 Å². The molecule has 1 N–H and O–H groups in total. The number of aliphatic carboxylic acids is 1. The topological polar surface area (TPSA) is 63.3 Å². The van der Waals surface area contributed by atoms with Crippen molar-refractivity contribution in [1.29, 1.82) is 0 Å². The monoisotopic (exact) mass is 305 g/mol. The zero-order valence-corrected chi connectivity index (χ0v) is 10.5. The van der Waals surface area contributed by atoms with E-state index in [-0.39, 0.29) is 23.6 Å². The number of benzene rings is 1. The lowest BCUT2D eigenvalue weighted by molar-refractivity contribution is -0.138. The molecule has 106 valence electrons. The minimum atomic E-state index is -4.59. The summed E-state index contributed by atoms with van der Waals surface area (Å²) in [6.07, 6.45) is -3.91. The summed E-state index contributed by atoms with van der Waals surface area (Å²) in [5.74, 6) is -1.28. The second-order valence-corrected chi connectivity index (χ2v) is 4.26. The van der Waals surface area contributed by atoms with Crippen molar-refractivity contribution < 1.29 is 27.5 Å². The fourth-order valence-electron chi connectivity index (χ4n) is 1.58. The molecule has 0 atom stereocenters. The van der Waals surface area contributed by atoms with E-state index < -0.39 is 22.7 Å². The van der Waals surface area contributed by atoms with Gasteiger partial charge >= 0.3 is 12.1 Å². The van der Waals surface area contributed by atoms with Crippen LogP contribution in [0.25, 0.3) is 11.5 Å². The Morgan fingerprint density at radius 2 is 2.10 bits per heavy atom. The van der Waals surface area contributed by atoms with Crippen LogP contribution in [0.15, 0.2) is 28.9 Å². The van der Waals surface area contributed by atoms with Gasteiger partial charge < -0.3 is 9.52 Å². The Bertz CT molecular complexity index is 652. The van der Waals surface area contributed by atoms with Crippen molar-refractivity contribution >= 4 is 17.6 Å². The van der Waals surface area contributed by atoms with Crippen LogP contribution in [-0.2, 0) is 17.4 Å². The zero-order chi connectivity index (χ0) is 14.9. The number of oxazole rings is 1. The van der Waals surface area contributed by atoms with E-state index in [9.17, 15) is 18.0 Å². The summed E-state index contributed by atoms with van der Waals surface area (Å²) in [5, 5.41) is 8.06. The van der Waals surface area contributed by atoms with E-state index >= 15 is 0 Å². The molecule has 0 spiro atoms. The third-order valence-electron chi connectivity index (χ3n) is 2.42. The van der Waals surface area contributed by atoms with Crippen LogP contribution in [0.2, 0.25) is 5.02 Å². The molecule has 0 amide bonds. The summed E-state index contributed by atoms with van der Waals surface area (Å²) < 4.78 is 43.1. The van der Waals surface area contributed by atoms with E-state index in [1.54, 1.807) is 0 Å². The molecule has 0 radical (unpaired) electrons. The van der Waals surface area contributed by atoms with Crippen LogP contribution >= 0.6 is 11.6 Å². The smallest absolute Gasteiger partial charge is 0.417 e. The first kappa shape index (κ1) is 14.4. The van der Waals surface area contributed by atoms with Crippen LogP contribution in [0.5, 0.6) is 0 Å². The van der Waals surface area contributed by atoms with Gasteiger partial charge in [0.1, 0.15) is 6.26 Å². The Morgan fingerprint density at radius 3 is 2.70 bits per heavy atom. The van der Waals surface area contributed by atoms with Gasteiger partial charge in [0.05, 0.1) is 28.3 Å². The van der Waals surface area contributed by atoms with Gasteiger partial charge in [0, 0.05) is 0 Å². The molecular formula is C12H7ClF3NO3. The summed E-state index contributed by atoms with van der Waals surface area (Å²) in [4.78, 5) is 14.3. The molecule has 4 nitrogen and oxygen atoms in total. The SMILES string of the molecule is O=C(O)Cc1coc(-c2cccc(C(F)(F)F)c2Cl)n1. The predicted molar refractivity (Wildman–Crippen MR) is 63.3 cm³/mol. The molecule has 0 fully saturated rings. The number of rotatable bonds is 3. The van der Waals surface area contributed by atoms with Crippen LogP contribution in [0.3, 0.4) is 0 Å². The van der Waals surface area contributed by atoms with Crippen LogP contribution < -0.4 is 0 Å². The van der Waals surface area contributed by atoms with Crippen molar-refractivity contribution in [3.05, 3.63) is 40.7 Å². The largest absolute Gasteiger partial charge is 0.481 e. The van der Waals surface area contributed by atoms with Gasteiger partial charge in [-0.2, -0.15) is 13.2 Å². The van der Waals surface area contributed by atoms with E-state index in [0.29, 0.717) is 0 Å². The van der Waals surface area contributed by atoms with Gasteiger partial charge in [-0.1, -0.05) is 17.7 Å². The fourth-order valence-corrected chi connectivity index (χ4v) is 1.90. The average molecular weight is 306 g/mol. The Hall–Kier alpha value is -2.02. The molecule has 2 rings (SSSR count). The maximum Gasteiger partial charge on any atom is 0.417 e. The number of alkyl halides is 3. The highest BCUT2D eigenvalue weighted by molar-refractivity contribution is 6.34. The molecule has 0 aliphatic rings. The quantitative estimate of drug-likeness (QED) is 0.940. The number of carbonyl (C=O) groups is 1. The lowest BCUT2D eigenvalue weighted by Gasteiger charge is -2.10. The maximum atomic E-state index is 12.7. The highest BCUT2D eigenvalue weighted by Gasteiger charge is 2.34. The number of carboxylic acids is 1. The van der Waals surface area contributed by atoms with Crippen LogP contribution in [0.1, 0.15) is 11.3 Å². The van der Waals surface area contributed by atoms with Gasteiger partial charge in [0.25, 0.3) is 0 Å². The standard InChI is InChI=1S/C12H7ClF3NO3/c13-10-7(2-1-3-8(10)12(14,15)16)11-17-6(5-20-11)4-9(18)19/h1-3,5H,4H2,(H,18,19). The number of nitrogens with zero attached hydrogens (tertiary/aromatic N) is 1. The Kier molecular flexibility index (Phi) is 3.71. The molecule has 0 unspecified atom stereocenters. The molecule has 8 heteroatoms. The number of aromatic nitrogens is 1. The molecular weight excluding hydrogens is 299 g/mol. The molecule has 0 aliphatic heterocycles. The normalized spacial score (nSPS) is 11.6. The maximum absolute atomic E-state index is 12.7. The third-order valence-corrected chi connectivity index (χ3v) is 2.83. The number of hydrogen-bond donors (Lipinski definition) is 1. The van der Waals surface area contributed by atoms with Gasteiger partial charge in [-0.15, -0.1) is 0 Å².